The molecule has 0 radical (unpaired) electrons. The van der Waals surface area contributed by atoms with Gasteiger partial charge in [0.25, 0.3) is 0 Å². The maximum Gasteiger partial charge on any atom is 0.217 e. The molecule has 0 spiro atoms. The Balaban J connectivity index is 0.999. The molecule has 10 rings (SSSR count). The topological polar surface area (TPSA) is 811 Å². The van der Waals surface area contributed by atoms with Crippen molar-refractivity contribution in [3.8, 4) is 0 Å². The molecule has 25 unspecified atom stereocenters. The maximum atomic E-state index is 12.6. The second kappa shape index (κ2) is 40.7. The summed E-state index contributed by atoms with van der Waals surface area (Å²) in [6.07, 6.45) is -104. The van der Waals surface area contributed by atoms with E-state index < -0.39 is 379 Å². The molecule has 10 aliphatic rings. The fourth-order valence-corrected chi connectivity index (χ4v) is 14.8. The maximum absolute atomic E-state index is 12.6. The monoisotopic (exact) mass is 1680 g/mol. The Morgan fingerprint density at radius 2 is 0.474 bits per heavy atom. The van der Waals surface area contributed by atoms with Crippen LogP contribution in [-0.4, -0.2) is 532 Å². The number of carbonyl (C=O) groups excluding carboxylic acids is 1. The number of ether oxygens (including phenoxy) is 19. The van der Waals surface area contributed by atoms with Crippen LogP contribution in [0.5, 0.6) is 0 Å². The standard InChI is InChI=1S/C63H107NO50/c1-13-25(64-14(2)73)35(83)48(22(10-72)98-13)108-59-47(95)50(110-62-54(42(90)32(80)20(8-70)104-62)114-63-53(41(89)31(79)21(9-71)105-63)113-58-45(93)38(86)28(76)17(5-67)101-58)34(82)24(107-59)11-96-55-46(94)49(109-61-52(40(88)30(78)19(7-69)103-61)112-57-44(92)37(85)27(75)16(4-66)100-57)33(81)23(106-55)12-97-60-51(39(87)29(77)18(6-68)102-60)111-56-43(91)36(84)26(74)15(3-65)99-56/h13,15-63,65-72,74-95H,3-12H2,1-2H3,(H,64,73)/t13-,15?,16?,17?,18?,19?,20?,21?,22?,23?,24?,25?,26+,27+,28+,29+,30+,31+,32+,33+,34+,35+,36-,37?,38?,39-,40?,41?,42?,43?,44?,45?,46?,47?,48+,49-,50-,51?,52?,53?,54?,55-,56+,57+,58+,59-,60-,61+,62+,63+/m0/s1. The van der Waals surface area contributed by atoms with Crippen molar-refractivity contribution in [3.05, 3.63) is 0 Å². The summed E-state index contributed by atoms with van der Waals surface area (Å²) in [5.74, 6) is -0.722. The van der Waals surface area contributed by atoms with Crippen LogP contribution in [0.1, 0.15) is 13.8 Å². The van der Waals surface area contributed by atoms with Crippen LogP contribution in [0.2, 0.25) is 0 Å². The van der Waals surface area contributed by atoms with E-state index in [1.807, 2.05) is 0 Å². The van der Waals surface area contributed by atoms with Gasteiger partial charge in [-0.1, -0.05) is 0 Å². The van der Waals surface area contributed by atoms with Gasteiger partial charge in [-0.25, -0.2) is 0 Å². The molecule has 0 saturated carbocycles. The Labute approximate surface area is 644 Å². The highest BCUT2D eigenvalue weighted by Crippen LogP contribution is 2.41. The van der Waals surface area contributed by atoms with Crippen molar-refractivity contribution in [1.82, 2.24) is 5.32 Å². The highest BCUT2D eigenvalue weighted by Gasteiger charge is 2.61. The van der Waals surface area contributed by atoms with Crippen molar-refractivity contribution >= 4 is 5.91 Å². The van der Waals surface area contributed by atoms with Crippen LogP contribution in [-0.2, 0) is 94.8 Å². The van der Waals surface area contributed by atoms with E-state index in [1.54, 1.807) is 0 Å². The molecule has 10 aliphatic heterocycles. The van der Waals surface area contributed by atoms with Gasteiger partial charge in [-0.2, -0.15) is 0 Å². The van der Waals surface area contributed by atoms with Crippen LogP contribution in [0, 0.1) is 0 Å². The van der Waals surface area contributed by atoms with Crippen molar-refractivity contribution in [2.24, 2.45) is 0 Å². The third-order valence-electron chi connectivity index (χ3n) is 21.5. The molecular weight excluding hydrogens is 1570 g/mol. The molecule has 31 N–H and O–H groups in total. The Morgan fingerprint density at radius 3 is 0.798 bits per heavy atom. The quantitative estimate of drug-likeness (QED) is 0.0331. The van der Waals surface area contributed by atoms with E-state index >= 15 is 0 Å². The molecule has 1 amide bonds. The Kier molecular flexibility index (Phi) is 33.5. The van der Waals surface area contributed by atoms with Crippen LogP contribution < -0.4 is 5.32 Å². The largest absolute Gasteiger partial charge is 0.394 e. The van der Waals surface area contributed by atoms with Crippen molar-refractivity contribution in [1.29, 1.82) is 0 Å². The predicted octanol–water partition coefficient (Wildman–Crippen LogP) is -21.6. The summed E-state index contributed by atoms with van der Waals surface area (Å²) in [4.78, 5) is 12.5. The van der Waals surface area contributed by atoms with Gasteiger partial charge in [-0.3, -0.25) is 4.79 Å². The fourth-order valence-electron chi connectivity index (χ4n) is 14.8. The van der Waals surface area contributed by atoms with E-state index in [0.717, 1.165) is 6.92 Å². The second-order valence-corrected chi connectivity index (χ2v) is 29.1. The summed E-state index contributed by atoms with van der Waals surface area (Å²) in [5.41, 5.74) is 0. The van der Waals surface area contributed by atoms with E-state index in [4.69, 9.17) is 90.0 Å². The van der Waals surface area contributed by atoms with Gasteiger partial charge in [-0.05, 0) is 6.92 Å². The van der Waals surface area contributed by atoms with Crippen molar-refractivity contribution in [2.45, 2.75) is 321 Å². The lowest BCUT2D eigenvalue weighted by Gasteiger charge is -2.50. The zero-order valence-electron chi connectivity index (χ0n) is 60.5. The second-order valence-electron chi connectivity index (χ2n) is 29.1. The molecule has 0 aromatic rings. The average Bonchev–Trinajstić information content (AvgIpc) is 0.725. The van der Waals surface area contributed by atoms with Crippen LogP contribution in [0.3, 0.4) is 0 Å². The number of carbonyl (C=O) groups is 1. The zero-order chi connectivity index (χ0) is 83.7. The number of rotatable bonds is 29. The van der Waals surface area contributed by atoms with E-state index in [9.17, 15) is 158 Å². The minimum atomic E-state index is -2.54. The molecule has 0 aromatic carbocycles. The summed E-state index contributed by atoms with van der Waals surface area (Å²) < 4.78 is 112. The van der Waals surface area contributed by atoms with Gasteiger partial charge in [0.1, 0.15) is 238 Å². The number of aliphatic hydroxyl groups is 30. The third kappa shape index (κ3) is 19.8. The first-order valence-electron chi connectivity index (χ1n) is 36.5. The average molecular weight is 1680 g/mol. The van der Waals surface area contributed by atoms with Gasteiger partial charge in [0, 0.05) is 6.92 Å². The van der Waals surface area contributed by atoms with Gasteiger partial charge >= 0.3 is 0 Å². The third-order valence-corrected chi connectivity index (χ3v) is 21.5. The minimum absolute atomic E-state index is 0.722. The lowest BCUT2D eigenvalue weighted by molar-refractivity contribution is -0.407. The highest BCUT2D eigenvalue weighted by atomic mass is 16.8. The molecule has 114 heavy (non-hydrogen) atoms. The Hall–Kier alpha value is -2.49. The normalized spacial score (nSPS) is 52.6. The smallest absolute Gasteiger partial charge is 0.217 e. The van der Waals surface area contributed by atoms with Crippen molar-refractivity contribution < 1.29 is 248 Å². The molecule has 10 heterocycles. The van der Waals surface area contributed by atoms with Gasteiger partial charge in [0.2, 0.25) is 5.91 Å². The molecule has 50 atom stereocenters. The fraction of sp³-hybridized carbons (Fsp3) is 0.984. The molecule has 10 fully saturated rings. The van der Waals surface area contributed by atoms with E-state index in [0.29, 0.717) is 0 Å². The van der Waals surface area contributed by atoms with E-state index in [2.05, 4.69) is 5.32 Å². The number of hydrogen-bond acceptors (Lipinski definition) is 50. The van der Waals surface area contributed by atoms with Crippen LogP contribution in [0.15, 0.2) is 0 Å². The molecule has 664 valence electrons. The van der Waals surface area contributed by atoms with Crippen molar-refractivity contribution in [2.75, 3.05) is 66.1 Å². The summed E-state index contributed by atoms with van der Waals surface area (Å²) in [7, 11) is 0. The summed E-state index contributed by atoms with van der Waals surface area (Å²) in [6, 6.07) is -1.37. The van der Waals surface area contributed by atoms with E-state index in [-0.39, 0.29) is 0 Å². The SMILES string of the molecule is CC(=O)NC1[C@H](C)OC(CO)[C@@H](O[C@@H]2OC(CO[C@H]3OC(CO[C@H]4OC(CO)[C@@H](O)[C@H](O)C4O[C@H]4OC(CO)[C@@H](O)[C@H](O)C4O)[C@@H](O)[C@H](O[C@H]4OC(CO)[C@@H](O)C(O)C4O[C@H]4OC(CO)[C@@H](O)C(O)C4O)C3O)[C@@H](O)[C@H](O[C@H]3OC(CO)[C@@H](O)C(O)C3O[C@H]3OC(CO)[C@@H](O)C(O)C3O[C@H]3OC(CO)[C@@H](O)C(O)C3O)C2O)[C@@H]1O. The molecule has 0 bridgehead atoms. The summed E-state index contributed by atoms with van der Waals surface area (Å²) in [5, 5.41) is 334. The lowest BCUT2D eigenvalue weighted by Crippen LogP contribution is -2.69. The minimum Gasteiger partial charge on any atom is -0.394 e. The van der Waals surface area contributed by atoms with Gasteiger partial charge < -0.3 is 249 Å². The summed E-state index contributed by atoms with van der Waals surface area (Å²) >= 11 is 0. The Morgan fingerprint density at radius 1 is 0.237 bits per heavy atom. The first-order valence-corrected chi connectivity index (χ1v) is 36.5. The molecule has 0 aliphatic carbocycles. The number of nitrogens with one attached hydrogen (secondary N) is 1. The van der Waals surface area contributed by atoms with Gasteiger partial charge in [-0.15, -0.1) is 0 Å². The molecule has 0 aromatic heterocycles. The zero-order valence-corrected chi connectivity index (χ0v) is 60.5. The van der Waals surface area contributed by atoms with Gasteiger partial charge in [0.05, 0.1) is 78.2 Å². The van der Waals surface area contributed by atoms with Crippen LogP contribution >= 0.6 is 0 Å². The molecular formula is C63H107NO50. The van der Waals surface area contributed by atoms with Crippen LogP contribution in [0.25, 0.3) is 0 Å². The summed E-state index contributed by atoms with van der Waals surface area (Å²) in [6.45, 7) is -8.51. The van der Waals surface area contributed by atoms with Crippen molar-refractivity contribution in [3.63, 3.8) is 0 Å². The molecule has 10 saturated heterocycles. The highest BCUT2D eigenvalue weighted by molar-refractivity contribution is 5.73. The lowest BCUT2D eigenvalue weighted by atomic mass is 9.92. The first-order chi connectivity index (χ1) is 54.0. The number of amides is 1. The first kappa shape index (κ1) is 93.8. The van der Waals surface area contributed by atoms with E-state index in [1.165, 1.54) is 6.92 Å². The van der Waals surface area contributed by atoms with Gasteiger partial charge in [0.15, 0.2) is 56.6 Å². The predicted molar refractivity (Wildman–Crippen MR) is 345 cm³/mol. The Bertz CT molecular complexity index is 2910. The van der Waals surface area contributed by atoms with Crippen LogP contribution in [0.4, 0.5) is 0 Å². The number of aliphatic hydroxyl groups excluding tert-OH is 30. The number of hydrogen-bond donors (Lipinski definition) is 31. The molecule has 51 heteroatoms. The molecule has 51 nitrogen and oxygen atoms in total.